The van der Waals surface area contributed by atoms with E-state index in [0.717, 1.165) is 16.8 Å². The first-order valence-electron chi connectivity index (χ1n) is 5.02. The molecule has 0 unspecified atom stereocenters. The molecule has 1 aromatic heterocycles. The summed E-state index contributed by atoms with van der Waals surface area (Å²) in [5, 5.41) is 0. The van der Waals surface area contributed by atoms with Crippen LogP contribution in [0.15, 0.2) is 36.5 Å². The van der Waals surface area contributed by atoms with Gasteiger partial charge < -0.3 is 0 Å². The molecule has 1 nitrogen and oxygen atoms in total. The van der Waals surface area contributed by atoms with Gasteiger partial charge in [0.1, 0.15) is 0 Å². The van der Waals surface area contributed by atoms with Crippen molar-refractivity contribution in [2.45, 2.75) is 13.8 Å². The Bertz CT molecular complexity index is 466. The Morgan fingerprint density at radius 1 is 1.13 bits per heavy atom. The maximum atomic E-state index is 4.40. The molecule has 1 radical (unpaired) electrons. The van der Waals surface area contributed by atoms with E-state index in [9.17, 15) is 0 Å². The Labute approximate surface area is 90.8 Å². The predicted octanol–water partition coefficient (Wildman–Crippen LogP) is 3.55. The molecule has 0 atom stereocenters. The van der Waals surface area contributed by atoms with E-state index < -0.39 is 0 Å². The van der Waals surface area contributed by atoms with Crippen molar-refractivity contribution in [1.82, 2.24) is 4.98 Å². The number of rotatable bonds is 1. The van der Waals surface area contributed by atoms with E-state index in [1.165, 1.54) is 11.1 Å². The van der Waals surface area contributed by atoms with Gasteiger partial charge in [-0.15, -0.1) is 0 Å². The van der Waals surface area contributed by atoms with Crippen molar-refractivity contribution in [2.75, 3.05) is 0 Å². The Balaban J connectivity index is 2.59. The molecule has 15 heavy (non-hydrogen) atoms. The summed E-state index contributed by atoms with van der Waals surface area (Å²) in [6.45, 7) is 8.13. The second-order valence-corrected chi connectivity index (χ2v) is 3.88. The molecule has 1 aromatic carbocycles. The average molecular weight is 196 g/mol. The number of hydrogen-bond acceptors (Lipinski definition) is 1. The molecular formula is C14H14N. The van der Waals surface area contributed by atoms with Gasteiger partial charge in [-0.05, 0) is 50.1 Å². The Kier molecular flexibility index (Phi) is 2.55. The van der Waals surface area contributed by atoms with E-state index in [2.05, 4.69) is 50.0 Å². The van der Waals surface area contributed by atoms with Crippen LogP contribution >= 0.6 is 0 Å². The summed E-state index contributed by atoms with van der Waals surface area (Å²) in [5.74, 6) is 0. The highest BCUT2D eigenvalue weighted by Crippen LogP contribution is 2.22. The minimum Gasteiger partial charge on any atom is -0.256 e. The fourth-order valence-electron chi connectivity index (χ4n) is 1.79. The first-order valence-corrected chi connectivity index (χ1v) is 5.02. The molecule has 0 aliphatic rings. The van der Waals surface area contributed by atoms with Crippen LogP contribution in [0.1, 0.15) is 16.7 Å². The number of aromatic nitrogens is 1. The largest absolute Gasteiger partial charge is 0.256 e. The van der Waals surface area contributed by atoms with Gasteiger partial charge >= 0.3 is 0 Å². The lowest BCUT2D eigenvalue weighted by atomic mass is 10.0. The predicted molar refractivity (Wildman–Crippen MR) is 63.6 cm³/mol. The summed E-state index contributed by atoms with van der Waals surface area (Å²) in [6, 6.07) is 10.3. The lowest BCUT2D eigenvalue weighted by Gasteiger charge is -2.06. The maximum Gasteiger partial charge on any atom is 0.0731 e. The average Bonchev–Trinajstić information content (AvgIpc) is 2.16. The van der Waals surface area contributed by atoms with Crippen LogP contribution < -0.4 is 0 Å². The zero-order valence-corrected chi connectivity index (χ0v) is 9.12. The number of benzene rings is 1. The topological polar surface area (TPSA) is 12.9 Å². The van der Waals surface area contributed by atoms with Gasteiger partial charge in [-0.25, -0.2) is 0 Å². The summed E-state index contributed by atoms with van der Waals surface area (Å²) < 4.78 is 0. The van der Waals surface area contributed by atoms with Crippen molar-refractivity contribution >= 4 is 0 Å². The van der Waals surface area contributed by atoms with Crippen molar-refractivity contribution in [3.05, 3.63) is 60.1 Å². The first-order chi connectivity index (χ1) is 7.16. The van der Waals surface area contributed by atoms with Crippen LogP contribution in [0.25, 0.3) is 11.3 Å². The molecule has 0 aliphatic heterocycles. The number of aryl methyl sites for hydroxylation is 2. The Morgan fingerprint density at radius 3 is 2.60 bits per heavy atom. The summed E-state index contributed by atoms with van der Waals surface area (Å²) in [6.07, 6.45) is 1.83. The standard InChI is InChI=1S/C14H14N/c1-10-7-11(2)9-13(8-10)14-12(3)5-4-6-15-14/h4-9H,1H2,2-3H3. The van der Waals surface area contributed by atoms with Crippen LogP contribution in [0.5, 0.6) is 0 Å². The van der Waals surface area contributed by atoms with Crippen LogP contribution in [-0.2, 0) is 0 Å². The quantitative estimate of drug-likeness (QED) is 0.679. The fraction of sp³-hybridized carbons (Fsp3) is 0.143. The van der Waals surface area contributed by atoms with Crippen LogP contribution in [0.4, 0.5) is 0 Å². The molecule has 0 bridgehead atoms. The molecule has 1 heterocycles. The molecule has 0 amide bonds. The van der Waals surface area contributed by atoms with Crippen LogP contribution in [-0.4, -0.2) is 4.98 Å². The third-order valence-corrected chi connectivity index (χ3v) is 2.42. The van der Waals surface area contributed by atoms with Gasteiger partial charge in [0.05, 0.1) is 5.69 Å². The van der Waals surface area contributed by atoms with Crippen molar-refractivity contribution in [3.63, 3.8) is 0 Å². The van der Waals surface area contributed by atoms with E-state index in [-0.39, 0.29) is 0 Å². The number of pyridine rings is 1. The second kappa shape index (κ2) is 3.85. The number of nitrogens with zero attached hydrogens (tertiary/aromatic N) is 1. The van der Waals surface area contributed by atoms with Gasteiger partial charge in [0.2, 0.25) is 0 Å². The lowest BCUT2D eigenvalue weighted by Crippen LogP contribution is -1.89. The van der Waals surface area contributed by atoms with Crippen molar-refractivity contribution in [2.24, 2.45) is 0 Å². The van der Waals surface area contributed by atoms with E-state index in [0.29, 0.717) is 0 Å². The maximum absolute atomic E-state index is 4.40. The third kappa shape index (κ3) is 2.07. The summed E-state index contributed by atoms with van der Waals surface area (Å²) >= 11 is 0. The summed E-state index contributed by atoms with van der Waals surface area (Å²) in [7, 11) is 0. The second-order valence-electron chi connectivity index (χ2n) is 3.88. The molecule has 75 valence electrons. The molecule has 0 spiro atoms. The SMILES string of the molecule is [CH2]c1cc(C)cc(-c2ncccc2C)c1. The van der Waals surface area contributed by atoms with E-state index in [1.54, 1.807) is 0 Å². The Morgan fingerprint density at radius 2 is 1.93 bits per heavy atom. The monoisotopic (exact) mass is 196 g/mol. The molecule has 0 saturated heterocycles. The van der Waals surface area contributed by atoms with Crippen molar-refractivity contribution < 1.29 is 0 Å². The highest BCUT2D eigenvalue weighted by atomic mass is 14.7. The molecule has 0 saturated carbocycles. The van der Waals surface area contributed by atoms with Gasteiger partial charge in [-0.3, -0.25) is 4.98 Å². The van der Waals surface area contributed by atoms with E-state index in [1.807, 2.05) is 12.3 Å². The van der Waals surface area contributed by atoms with Crippen molar-refractivity contribution in [1.29, 1.82) is 0 Å². The van der Waals surface area contributed by atoms with Crippen molar-refractivity contribution in [3.8, 4) is 11.3 Å². The summed E-state index contributed by atoms with van der Waals surface area (Å²) in [4.78, 5) is 4.40. The minimum atomic E-state index is 1.04. The lowest BCUT2D eigenvalue weighted by molar-refractivity contribution is 1.26. The number of hydrogen-bond donors (Lipinski definition) is 0. The summed E-state index contributed by atoms with van der Waals surface area (Å²) in [5.41, 5.74) is 5.66. The minimum absolute atomic E-state index is 1.04. The van der Waals surface area contributed by atoms with Gasteiger partial charge in [-0.2, -0.15) is 0 Å². The zero-order valence-electron chi connectivity index (χ0n) is 9.12. The van der Waals surface area contributed by atoms with Gasteiger partial charge in [-0.1, -0.05) is 17.7 Å². The van der Waals surface area contributed by atoms with E-state index in [4.69, 9.17) is 0 Å². The molecule has 0 aliphatic carbocycles. The molecule has 1 heteroatoms. The Hall–Kier alpha value is -1.63. The highest BCUT2D eigenvalue weighted by molar-refractivity contribution is 5.64. The molecule has 0 N–H and O–H groups in total. The molecular weight excluding hydrogens is 182 g/mol. The molecule has 2 aromatic rings. The fourth-order valence-corrected chi connectivity index (χ4v) is 1.79. The first kappa shape index (κ1) is 9.91. The van der Waals surface area contributed by atoms with Crippen LogP contribution in [0, 0.1) is 20.8 Å². The van der Waals surface area contributed by atoms with Gasteiger partial charge in [0.25, 0.3) is 0 Å². The molecule has 0 fully saturated rings. The van der Waals surface area contributed by atoms with Crippen LogP contribution in [0.2, 0.25) is 0 Å². The van der Waals surface area contributed by atoms with Gasteiger partial charge in [0, 0.05) is 11.8 Å². The van der Waals surface area contributed by atoms with E-state index >= 15 is 0 Å². The molecule has 2 rings (SSSR count). The zero-order chi connectivity index (χ0) is 10.8. The van der Waals surface area contributed by atoms with Gasteiger partial charge in [0.15, 0.2) is 0 Å². The normalized spacial score (nSPS) is 10.3. The van der Waals surface area contributed by atoms with Crippen LogP contribution in [0.3, 0.4) is 0 Å². The smallest absolute Gasteiger partial charge is 0.0731 e. The third-order valence-electron chi connectivity index (χ3n) is 2.42. The highest BCUT2D eigenvalue weighted by Gasteiger charge is 2.03.